The predicted octanol–water partition coefficient (Wildman–Crippen LogP) is 3.36. The SMILES string of the molecule is FC(F)(F)c1c(-c2ccno2)ccn2c(CC3CC3)nnc12. The lowest BCUT2D eigenvalue weighted by Gasteiger charge is -2.12. The average Bonchev–Trinajstić information content (AvgIpc) is 2.98. The summed E-state index contributed by atoms with van der Waals surface area (Å²) in [5.41, 5.74) is -1.12. The number of halogens is 3. The van der Waals surface area contributed by atoms with Crippen LogP contribution in [-0.2, 0) is 12.6 Å². The van der Waals surface area contributed by atoms with E-state index < -0.39 is 11.7 Å². The zero-order chi connectivity index (χ0) is 15.3. The molecule has 1 aliphatic rings. The fourth-order valence-corrected chi connectivity index (χ4v) is 2.56. The number of rotatable bonds is 3. The fraction of sp³-hybridized carbons (Fsp3) is 0.357. The molecule has 0 saturated heterocycles. The maximum absolute atomic E-state index is 13.5. The lowest BCUT2D eigenvalue weighted by molar-refractivity contribution is -0.136. The normalized spacial score (nSPS) is 15.6. The molecular formula is C14H11F3N4O. The highest BCUT2D eigenvalue weighted by Gasteiger charge is 2.39. The van der Waals surface area contributed by atoms with E-state index in [4.69, 9.17) is 4.52 Å². The molecule has 22 heavy (non-hydrogen) atoms. The first-order valence-corrected chi connectivity index (χ1v) is 6.89. The minimum atomic E-state index is -4.56. The van der Waals surface area contributed by atoms with E-state index in [1.807, 2.05) is 0 Å². The van der Waals surface area contributed by atoms with Gasteiger partial charge >= 0.3 is 6.18 Å². The standard InChI is InChI=1S/C14H11F3N4O/c15-14(16,17)12-9(10-3-5-18-22-10)4-6-21-11(7-8-1-2-8)19-20-13(12)21/h3-6,8H,1-2,7H2. The molecule has 114 valence electrons. The van der Waals surface area contributed by atoms with Gasteiger partial charge in [0.05, 0.1) is 6.20 Å². The Balaban J connectivity index is 1.94. The Morgan fingerprint density at radius 2 is 2.05 bits per heavy atom. The molecule has 0 N–H and O–H groups in total. The van der Waals surface area contributed by atoms with Crippen LogP contribution < -0.4 is 0 Å². The molecule has 0 atom stereocenters. The molecule has 3 heterocycles. The van der Waals surface area contributed by atoms with Crippen LogP contribution in [0.2, 0.25) is 0 Å². The van der Waals surface area contributed by atoms with E-state index >= 15 is 0 Å². The van der Waals surface area contributed by atoms with E-state index in [2.05, 4.69) is 15.4 Å². The number of aromatic nitrogens is 4. The lowest BCUT2D eigenvalue weighted by atomic mass is 10.1. The summed E-state index contributed by atoms with van der Waals surface area (Å²) in [6.07, 6.45) is 1.14. The second-order valence-electron chi connectivity index (χ2n) is 5.44. The van der Waals surface area contributed by atoms with E-state index in [1.54, 1.807) is 6.20 Å². The summed E-state index contributed by atoms with van der Waals surface area (Å²) in [7, 11) is 0. The van der Waals surface area contributed by atoms with Crippen LogP contribution in [0.5, 0.6) is 0 Å². The van der Waals surface area contributed by atoms with Crippen molar-refractivity contribution in [1.82, 2.24) is 19.8 Å². The van der Waals surface area contributed by atoms with Gasteiger partial charge in [-0.15, -0.1) is 10.2 Å². The Kier molecular flexibility index (Phi) is 2.75. The first-order chi connectivity index (χ1) is 10.5. The molecule has 8 heteroatoms. The summed E-state index contributed by atoms with van der Waals surface area (Å²) < 4.78 is 46.8. The van der Waals surface area contributed by atoms with Gasteiger partial charge in [-0.2, -0.15) is 13.2 Å². The molecular weight excluding hydrogens is 297 g/mol. The van der Waals surface area contributed by atoms with Crippen LogP contribution in [-0.4, -0.2) is 19.8 Å². The maximum atomic E-state index is 13.5. The third-order valence-corrected chi connectivity index (χ3v) is 3.80. The average molecular weight is 308 g/mol. The minimum absolute atomic E-state index is 0.0570. The van der Waals surface area contributed by atoms with E-state index in [-0.39, 0.29) is 17.0 Å². The van der Waals surface area contributed by atoms with Crippen molar-refractivity contribution in [2.45, 2.75) is 25.4 Å². The monoisotopic (exact) mass is 308 g/mol. The van der Waals surface area contributed by atoms with Crippen molar-refractivity contribution in [3.05, 3.63) is 35.9 Å². The number of hydrogen-bond acceptors (Lipinski definition) is 4. The van der Waals surface area contributed by atoms with Crippen LogP contribution in [0.25, 0.3) is 17.0 Å². The van der Waals surface area contributed by atoms with Gasteiger partial charge in [0.15, 0.2) is 11.4 Å². The van der Waals surface area contributed by atoms with Crippen molar-refractivity contribution in [2.24, 2.45) is 5.92 Å². The van der Waals surface area contributed by atoms with Crippen LogP contribution in [0.15, 0.2) is 29.0 Å². The molecule has 0 spiro atoms. The highest BCUT2D eigenvalue weighted by molar-refractivity contribution is 5.70. The molecule has 5 nitrogen and oxygen atoms in total. The van der Waals surface area contributed by atoms with Gasteiger partial charge in [0.1, 0.15) is 11.4 Å². The van der Waals surface area contributed by atoms with E-state index in [0.29, 0.717) is 18.2 Å². The second-order valence-corrected chi connectivity index (χ2v) is 5.44. The first kappa shape index (κ1) is 13.3. The molecule has 0 amide bonds. The summed E-state index contributed by atoms with van der Waals surface area (Å²) in [6, 6.07) is 2.76. The van der Waals surface area contributed by atoms with Crippen LogP contribution in [0.4, 0.5) is 13.2 Å². The van der Waals surface area contributed by atoms with Gasteiger partial charge in [0.25, 0.3) is 0 Å². The topological polar surface area (TPSA) is 56.2 Å². The highest BCUT2D eigenvalue weighted by Crippen LogP contribution is 2.40. The van der Waals surface area contributed by atoms with Crippen molar-refractivity contribution >= 4 is 5.65 Å². The summed E-state index contributed by atoms with van der Waals surface area (Å²) in [6.45, 7) is 0. The van der Waals surface area contributed by atoms with Gasteiger partial charge in [-0.3, -0.25) is 4.40 Å². The molecule has 3 aromatic rings. The number of hydrogen-bond donors (Lipinski definition) is 0. The largest absolute Gasteiger partial charge is 0.420 e. The number of alkyl halides is 3. The van der Waals surface area contributed by atoms with Gasteiger partial charge in [-0.05, 0) is 24.8 Å². The van der Waals surface area contributed by atoms with Crippen LogP contribution >= 0.6 is 0 Å². The number of fused-ring (bicyclic) bond motifs is 1. The Morgan fingerprint density at radius 3 is 2.68 bits per heavy atom. The van der Waals surface area contributed by atoms with Gasteiger partial charge in [0, 0.05) is 24.2 Å². The number of pyridine rings is 1. The Morgan fingerprint density at radius 1 is 1.23 bits per heavy atom. The van der Waals surface area contributed by atoms with Crippen molar-refractivity contribution < 1.29 is 17.7 Å². The zero-order valence-corrected chi connectivity index (χ0v) is 11.3. The Labute approximate surface area is 122 Å². The highest BCUT2D eigenvalue weighted by atomic mass is 19.4. The molecule has 0 radical (unpaired) electrons. The fourth-order valence-electron chi connectivity index (χ4n) is 2.56. The third-order valence-electron chi connectivity index (χ3n) is 3.80. The summed E-state index contributed by atoms with van der Waals surface area (Å²) >= 11 is 0. The van der Waals surface area contributed by atoms with Crippen molar-refractivity contribution in [3.63, 3.8) is 0 Å². The lowest BCUT2D eigenvalue weighted by Crippen LogP contribution is -2.10. The molecule has 0 aliphatic heterocycles. The quantitative estimate of drug-likeness (QED) is 0.744. The van der Waals surface area contributed by atoms with Gasteiger partial charge < -0.3 is 4.52 Å². The van der Waals surface area contributed by atoms with Crippen LogP contribution in [0.3, 0.4) is 0 Å². The van der Waals surface area contributed by atoms with Crippen molar-refractivity contribution in [3.8, 4) is 11.3 Å². The molecule has 1 saturated carbocycles. The molecule has 0 aromatic carbocycles. The smallest absolute Gasteiger partial charge is 0.356 e. The molecule has 3 aromatic heterocycles. The van der Waals surface area contributed by atoms with Gasteiger partial charge in [-0.1, -0.05) is 5.16 Å². The number of nitrogens with zero attached hydrogens (tertiary/aromatic N) is 4. The predicted molar refractivity (Wildman–Crippen MR) is 69.9 cm³/mol. The summed E-state index contributed by atoms with van der Waals surface area (Å²) in [5.74, 6) is 1.13. The second kappa shape index (κ2) is 4.56. The van der Waals surface area contributed by atoms with Crippen LogP contribution in [0.1, 0.15) is 24.2 Å². The van der Waals surface area contributed by atoms with E-state index in [9.17, 15) is 13.2 Å². The molecule has 0 bridgehead atoms. The Bertz CT molecular complexity index is 819. The van der Waals surface area contributed by atoms with Gasteiger partial charge in [0.2, 0.25) is 0 Å². The molecule has 0 unspecified atom stereocenters. The van der Waals surface area contributed by atoms with Gasteiger partial charge in [-0.25, -0.2) is 0 Å². The molecule has 1 aliphatic carbocycles. The van der Waals surface area contributed by atoms with Crippen molar-refractivity contribution in [2.75, 3.05) is 0 Å². The van der Waals surface area contributed by atoms with Crippen molar-refractivity contribution in [1.29, 1.82) is 0 Å². The van der Waals surface area contributed by atoms with Crippen LogP contribution in [0, 0.1) is 5.92 Å². The van der Waals surface area contributed by atoms with E-state index in [0.717, 1.165) is 12.8 Å². The zero-order valence-electron chi connectivity index (χ0n) is 11.3. The maximum Gasteiger partial charge on any atom is 0.420 e. The molecule has 4 rings (SSSR count). The minimum Gasteiger partial charge on any atom is -0.356 e. The molecule has 1 fully saturated rings. The summed E-state index contributed by atoms with van der Waals surface area (Å²) in [5, 5.41) is 11.2. The Hall–Kier alpha value is -2.38. The third kappa shape index (κ3) is 2.15. The van der Waals surface area contributed by atoms with E-state index in [1.165, 1.54) is 22.7 Å². The first-order valence-electron chi connectivity index (χ1n) is 6.89. The summed E-state index contributed by atoms with van der Waals surface area (Å²) in [4.78, 5) is 0.